The Morgan fingerprint density at radius 3 is 2.60 bits per heavy atom. The second kappa shape index (κ2) is 8.65. The fourth-order valence-corrected chi connectivity index (χ4v) is 4.72. The van der Waals surface area contributed by atoms with E-state index in [-0.39, 0.29) is 18.7 Å². The van der Waals surface area contributed by atoms with Crippen molar-refractivity contribution in [1.29, 1.82) is 0 Å². The Labute approximate surface area is 175 Å². The SMILES string of the molecule is CC(CC1CCNCC1)NCc1cccc2c1C(=O)N(C1CCC(=O)NC1=O)C2=O. The molecule has 0 aromatic heterocycles. The second-order valence-corrected chi connectivity index (χ2v) is 8.50. The summed E-state index contributed by atoms with van der Waals surface area (Å²) in [5.74, 6) is -1.18. The van der Waals surface area contributed by atoms with Crippen LogP contribution in [0.4, 0.5) is 0 Å². The highest BCUT2D eigenvalue weighted by Crippen LogP contribution is 2.30. The van der Waals surface area contributed by atoms with E-state index in [1.807, 2.05) is 6.07 Å². The number of carbonyl (C=O) groups is 4. The van der Waals surface area contributed by atoms with Gasteiger partial charge in [-0.1, -0.05) is 12.1 Å². The second-order valence-electron chi connectivity index (χ2n) is 8.50. The minimum Gasteiger partial charge on any atom is -0.317 e. The number of piperidine rings is 2. The first-order chi connectivity index (χ1) is 14.5. The van der Waals surface area contributed by atoms with Crippen molar-refractivity contribution in [3.63, 3.8) is 0 Å². The number of imide groups is 2. The fourth-order valence-electron chi connectivity index (χ4n) is 4.72. The van der Waals surface area contributed by atoms with E-state index < -0.39 is 23.8 Å². The van der Waals surface area contributed by atoms with Crippen molar-refractivity contribution < 1.29 is 19.2 Å². The number of fused-ring (bicyclic) bond motifs is 1. The summed E-state index contributed by atoms with van der Waals surface area (Å²) in [6.07, 6.45) is 3.72. The third-order valence-corrected chi connectivity index (χ3v) is 6.34. The van der Waals surface area contributed by atoms with Crippen LogP contribution >= 0.6 is 0 Å². The Bertz CT molecular complexity index is 878. The van der Waals surface area contributed by atoms with Crippen molar-refractivity contribution >= 4 is 23.6 Å². The molecule has 8 nitrogen and oxygen atoms in total. The number of benzene rings is 1. The topological polar surface area (TPSA) is 108 Å². The molecule has 1 aromatic rings. The van der Waals surface area contributed by atoms with Crippen LogP contribution in [0.5, 0.6) is 0 Å². The molecule has 4 amide bonds. The van der Waals surface area contributed by atoms with Gasteiger partial charge in [-0.3, -0.25) is 29.4 Å². The predicted octanol–water partition coefficient (Wildman–Crippen LogP) is 0.956. The standard InChI is InChI=1S/C22H28N4O4/c1-13(11-14-7-9-23-10-8-14)24-12-15-3-2-4-16-19(15)22(30)26(21(16)29)17-5-6-18(27)25-20(17)28/h2-4,13-14,17,23-24H,5-12H2,1H3,(H,25,27,28). The van der Waals surface area contributed by atoms with E-state index in [2.05, 4.69) is 22.9 Å². The van der Waals surface area contributed by atoms with Crippen LogP contribution in [0, 0.1) is 5.92 Å². The lowest BCUT2D eigenvalue weighted by molar-refractivity contribution is -0.136. The molecule has 0 aliphatic carbocycles. The molecule has 3 heterocycles. The summed E-state index contributed by atoms with van der Waals surface area (Å²) < 4.78 is 0. The number of hydrogen-bond acceptors (Lipinski definition) is 6. The summed E-state index contributed by atoms with van der Waals surface area (Å²) in [6.45, 7) is 4.76. The normalized spacial score (nSPS) is 23.5. The molecule has 0 saturated carbocycles. The maximum atomic E-state index is 13.1. The molecular formula is C22H28N4O4. The Balaban J connectivity index is 1.46. The summed E-state index contributed by atoms with van der Waals surface area (Å²) in [7, 11) is 0. The highest BCUT2D eigenvalue weighted by atomic mass is 16.2. The summed E-state index contributed by atoms with van der Waals surface area (Å²) >= 11 is 0. The zero-order valence-electron chi connectivity index (χ0n) is 17.2. The van der Waals surface area contributed by atoms with Gasteiger partial charge in [-0.05, 0) is 63.2 Å². The van der Waals surface area contributed by atoms with Gasteiger partial charge in [0.15, 0.2) is 0 Å². The fraction of sp³-hybridized carbons (Fsp3) is 0.545. The van der Waals surface area contributed by atoms with Gasteiger partial charge in [0.05, 0.1) is 11.1 Å². The van der Waals surface area contributed by atoms with E-state index in [4.69, 9.17) is 0 Å². The smallest absolute Gasteiger partial charge is 0.262 e. The summed E-state index contributed by atoms with van der Waals surface area (Å²) in [5.41, 5.74) is 1.46. The van der Waals surface area contributed by atoms with E-state index in [1.54, 1.807) is 12.1 Å². The maximum Gasteiger partial charge on any atom is 0.262 e. The Morgan fingerprint density at radius 2 is 1.87 bits per heavy atom. The first-order valence-corrected chi connectivity index (χ1v) is 10.7. The van der Waals surface area contributed by atoms with Crippen LogP contribution in [-0.4, -0.2) is 53.7 Å². The first kappa shape index (κ1) is 20.7. The molecule has 2 unspecified atom stereocenters. The molecular weight excluding hydrogens is 384 g/mol. The minimum atomic E-state index is -0.935. The van der Waals surface area contributed by atoms with Gasteiger partial charge in [0.25, 0.3) is 11.8 Å². The quantitative estimate of drug-likeness (QED) is 0.601. The molecule has 4 rings (SSSR count). The van der Waals surface area contributed by atoms with Gasteiger partial charge in [-0.15, -0.1) is 0 Å². The lowest BCUT2D eigenvalue weighted by Gasteiger charge is -2.28. The molecule has 0 spiro atoms. The van der Waals surface area contributed by atoms with Gasteiger partial charge in [0.2, 0.25) is 11.8 Å². The molecule has 2 fully saturated rings. The molecule has 2 atom stereocenters. The number of carbonyl (C=O) groups excluding carboxylic acids is 4. The molecule has 3 aliphatic heterocycles. The Kier molecular flexibility index (Phi) is 5.97. The number of rotatable bonds is 6. The average molecular weight is 412 g/mol. The molecule has 8 heteroatoms. The predicted molar refractivity (Wildman–Crippen MR) is 110 cm³/mol. The van der Waals surface area contributed by atoms with Crippen LogP contribution in [0.25, 0.3) is 0 Å². The number of nitrogens with one attached hydrogen (secondary N) is 3. The van der Waals surface area contributed by atoms with Gasteiger partial charge in [0.1, 0.15) is 6.04 Å². The lowest BCUT2D eigenvalue weighted by Crippen LogP contribution is -2.54. The van der Waals surface area contributed by atoms with Crippen LogP contribution in [0.15, 0.2) is 18.2 Å². The van der Waals surface area contributed by atoms with Crippen molar-refractivity contribution in [1.82, 2.24) is 20.9 Å². The highest BCUT2D eigenvalue weighted by molar-refractivity contribution is 6.24. The zero-order chi connectivity index (χ0) is 21.3. The largest absolute Gasteiger partial charge is 0.317 e. The van der Waals surface area contributed by atoms with Crippen molar-refractivity contribution in [3.05, 3.63) is 34.9 Å². The van der Waals surface area contributed by atoms with E-state index >= 15 is 0 Å². The Morgan fingerprint density at radius 1 is 1.10 bits per heavy atom. The van der Waals surface area contributed by atoms with Crippen molar-refractivity contribution in [3.8, 4) is 0 Å². The van der Waals surface area contributed by atoms with Gasteiger partial charge < -0.3 is 10.6 Å². The summed E-state index contributed by atoms with van der Waals surface area (Å²) in [6, 6.07) is 4.61. The van der Waals surface area contributed by atoms with Crippen molar-refractivity contribution in [2.75, 3.05) is 13.1 Å². The third kappa shape index (κ3) is 4.02. The van der Waals surface area contributed by atoms with Crippen molar-refractivity contribution in [2.45, 2.75) is 57.7 Å². The van der Waals surface area contributed by atoms with Gasteiger partial charge in [0, 0.05) is 19.0 Å². The number of hydrogen-bond donors (Lipinski definition) is 3. The molecule has 1 aromatic carbocycles. The van der Waals surface area contributed by atoms with E-state index in [1.165, 1.54) is 12.8 Å². The minimum absolute atomic E-state index is 0.117. The van der Waals surface area contributed by atoms with Crippen molar-refractivity contribution in [2.24, 2.45) is 5.92 Å². The lowest BCUT2D eigenvalue weighted by atomic mass is 9.91. The monoisotopic (exact) mass is 412 g/mol. The molecule has 0 radical (unpaired) electrons. The van der Waals surface area contributed by atoms with E-state index in [0.29, 0.717) is 29.6 Å². The van der Waals surface area contributed by atoms with Gasteiger partial charge >= 0.3 is 0 Å². The van der Waals surface area contributed by atoms with E-state index in [0.717, 1.165) is 30.0 Å². The van der Waals surface area contributed by atoms with Gasteiger partial charge in [-0.25, -0.2) is 0 Å². The first-order valence-electron chi connectivity index (χ1n) is 10.7. The van der Waals surface area contributed by atoms with Gasteiger partial charge in [-0.2, -0.15) is 0 Å². The molecule has 3 N–H and O–H groups in total. The molecule has 3 aliphatic rings. The van der Waals surface area contributed by atoms with Crippen LogP contribution in [0.2, 0.25) is 0 Å². The molecule has 0 bridgehead atoms. The summed E-state index contributed by atoms with van der Waals surface area (Å²) in [4.78, 5) is 50.7. The molecule has 30 heavy (non-hydrogen) atoms. The Hall–Kier alpha value is -2.58. The van der Waals surface area contributed by atoms with Crippen LogP contribution in [0.3, 0.4) is 0 Å². The third-order valence-electron chi connectivity index (χ3n) is 6.34. The van der Waals surface area contributed by atoms with Crippen LogP contribution in [0.1, 0.15) is 65.3 Å². The number of nitrogens with zero attached hydrogens (tertiary/aromatic N) is 1. The maximum absolute atomic E-state index is 13.1. The average Bonchev–Trinajstić information content (AvgIpc) is 2.98. The molecule has 2 saturated heterocycles. The van der Waals surface area contributed by atoms with Crippen LogP contribution in [-0.2, 0) is 16.1 Å². The molecule has 160 valence electrons. The van der Waals surface area contributed by atoms with E-state index in [9.17, 15) is 19.2 Å². The highest BCUT2D eigenvalue weighted by Gasteiger charge is 2.45. The van der Waals surface area contributed by atoms with Crippen LogP contribution < -0.4 is 16.0 Å². The number of amides is 4. The summed E-state index contributed by atoms with van der Waals surface area (Å²) in [5, 5.41) is 9.10. The zero-order valence-corrected chi connectivity index (χ0v) is 17.2.